The summed E-state index contributed by atoms with van der Waals surface area (Å²) in [7, 11) is 0. The van der Waals surface area contributed by atoms with Crippen LogP contribution >= 0.6 is 11.8 Å². The van der Waals surface area contributed by atoms with Crippen molar-refractivity contribution in [1.29, 1.82) is 0 Å². The first-order valence-electron chi connectivity index (χ1n) is 4.64. The molecule has 1 aromatic rings. The summed E-state index contributed by atoms with van der Waals surface area (Å²) >= 11 is 1.17. The lowest BCUT2D eigenvalue weighted by molar-refractivity contribution is -0.137. The Balaban J connectivity index is 2.28. The average molecular weight is 224 g/mol. The lowest BCUT2D eigenvalue weighted by Gasteiger charge is -1.99. The van der Waals surface area contributed by atoms with Crippen molar-refractivity contribution in [2.75, 3.05) is 5.75 Å². The highest BCUT2D eigenvalue weighted by molar-refractivity contribution is 8.14. The van der Waals surface area contributed by atoms with E-state index in [0.717, 1.165) is 0 Å². The summed E-state index contributed by atoms with van der Waals surface area (Å²) in [5.74, 6) is -0.261. The second-order valence-electron chi connectivity index (χ2n) is 3.00. The molecule has 0 bridgehead atoms. The van der Waals surface area contributed by atoms with Gasteiger partial charge in [0.15, 0.2) is 0 Å². The van der Waals surface area contributed by atoms with E-state index in [1.807, 2.05) is 18.2 Å². The number of carbonyl (C=O) groups is 2. The first-order valence-corrected chi connectivity index (χ1v) is 5.62. The van der Waals surface area contributed by atoms with Crippen molar-refractivity contribution in [3.8, 4) is 0 Å². The van der Waals surface area contributed by atoms with Gasteiger partial charge in [0.2, 0.25) is 5.12 Å². The highest BCUT2D eigenvalue weighted by Gasteiger charge is 2.05. The largest absolute Gasteiger partial charge is 0.481 e. The zero-order valence-corrected chi connectivity index (χ0v) is 9.00. The van der Waals surface area contributed by atoms with Crippen molar-refractivity contribution in [2.24, 2.45) is 0 Å². The van der Waals surface area contributed by atoms with Gasteiger partial charge in [-0.3, -0.25) is 9.59 Å². The molecule has 80 valence electrons. The number of carboxylic acids is 1. The second-order valence-corrected chi connectivity index (χ2v) is 4.07. The summed E-state index contributed by atoms with van der Waals surface area (Å²) in [6.45, 7) is 0. The number of carbonyl (C=O) groups excluding carboxylic acids is 1. The molecule has 15 heavy (non-hydrogen) atoms. The second kappa shape index (κ2) is 6.24. The molecule has 1 aromatic carbocycles. The van der Waals surface area contributed by atoms with Crippen molar-refractivity contribution < 1.29 is 14.7 Å². The Labute approximate surface area is 92.5 Å². The minimum atomic E-state index is -0.817. The number of benzene rings is 1. The predicted octanol–water partition coefficient (Wildman–Crippen LogP) is 2.42. The van der Waals surface area contributed by atoms with Crippen LogP contribution in [0, 0.1) is 0 Å². The molecule has 0 saturated heterocycles. The maximum atomic E-state index is 11.5. The van der Waals surface area contributed by atoms with E-state index in [9.17, 15) is 9.59 Å². The number of aliphatic carboxylic acids is 1. The van der Waals surface area contributed by atoms with Crippen molar-refractivity contribution in [2.45, 2.75) is 12.8 Å². The quantitative estimate of drug-likeness (QED) is 0.780. The van der Waals surface area contributed by atoms with Gasteiger partial charge in [-0.15, -0.1) is 0 Å². The minimum absolute atomic E-state index is 0.000916. The molecule has 0 aliphatic heterocycles. The third kappa shape index (κ3) is 4.65. The predicted molar refractivity (Wildman–Crippen MR) is 60.1 cm³/mol. The molecule has 0 fully saturated rings. The van der Waals surface area contributed by atoms with Crippen molar-refractivity contribution in [3.05, 3.63) is 35.9 Å². The Hall–Kier alpha value is -1.29. The Morgan fingerprint density at radius 1 is 1.20 bits per heavy atom. The Kier molecular flexibility index (Phi) is 4.90. The fraction of sp³-hybridized carbons (Fsp3) is 0.273. The van der Waals surface area contributed by atoms with E-state index in [1.54, 1.807) is 12.1 Å². The summed E-state index contributed by atoms with van der Waals surface area (Å²) in [6.07, 6.45) is 0.646. The van der Waals surface area contributed by atoms with Crippen LogP contribution in [0.25, 0.3) is 0 Å². The van der Waals surface area contributed by atoms with E-state index in [0.29, 0.717) is 17.7 Å². The Morgan fingerprint density at radius 3 is 2.47 bits per heavy atom. The van der Waals surface area contributed by atoms with E-state index in [2.05, 4.69) is 0 Å². The maximum Gasteiger partial charge on any atom is 0.303 e. The van der Waals surface area contributed by atoms with Crippen LogP contribution in [0.15, 0.2) is 30.3 Å². The molecule has 0 aliphatic rings. The molecule has 4 heteroatoms. The number of carboxylic acid groups (broad SMARTS) is 1. The summed E-state index contributed by atoms with van der Waals surface area (Å²) in [5.41, 5.74) is 0.665. The standard InChI is InChI=1S/C11H12O3S/c12-10(13)7-4-8-15-11(14)9-5-2-1-3-6-9/h1-3,5-6H,4,7-8H2,(H,12,13). The SMILES string of the molecule is O=C(O)CCCSC(=O)c1ccccc1. The van der Waals surface area contributed by atoms with Crippen LogP contribution in [0.4, 0.5) is 0 Å². The maximum absolute atomic E-state index is 11.5. The summed E-state index contributed by atoms with van der Waals surface area (Å²) < 4.78 is 0. The number of rotatable bonds is 5. The first kappa shape index (κ1) is 11.8. The zero-order valence-electron chi connectivity index (χ0n) is 8.18. The molecule has 0 heterocycles. The normalized spacial score (nSPS) is 9.87. The Bertz CT molecular complexity index is 335. The van der Waals surface area contributed by atoms with Crippen molar-refractivity contribution in [3.63, 3.8) is 0 Å². The fourth-order valence-electron chi connectivity index (χ4n) is 1.05. The molecule has 0 radical (unpaired) electrons. The fourth-order valence-corrected chi connectivity index (χ4v) is 1.82. The Morgan fingerprint density at radius 2 is 1.87 bits per heavy atom. The topological polar surface area (TPSA) is 54.4 Å². The molecule has 3 nitrogen and oxygen atoms in total. The average Bonchev–Trinajstić information content (AvgIpc) is 2.25. The number of thioether (sulfide) groups is 1. The van der Waals surface area contributed by atoms with Crippen LogP contribution < -0.4 is 0 Å². The third-order valence-corrected chi connectivity index (χ3v) is 2.77. The molecular formula is C11H12O3S. The van der Waals surface area contributed by atoms with Crippen LogP contribution in [0.2, 0.25) is 0 Å². The highest BCUT2D eigenvalue weighted by atomic mass is 32.2. The number of hydrogen-bond acceptors (Lipinski definition) is 3. The van der Waals surface area contributed by atoms with E-state index in [-0.39, 0.29) is 11.5 Å². The molecule has 0 aromatic heterocycles. The van der Waals surface area contributed by atoms with Crippen molar-refractivity contribution >= 4 is 22.8 Å². The van der Waals surface area contributed by atoms with E-state index in [4.69, 9.17) is 5.11 Å². The number of hydrogen-bond donors (Lipinski definition) is 1. The molecule has 0 unspecified atom stereocenters. The van der Waals surface area contributed by atoms with E-state index in [1.165, 1.54) is 11.8 Å². The lowest BCUT2D eigenvalue weighted by Crippen LogP contribution is -1.98. The van der Waals surface area contributed by atoms with Crippen LogP contribution in [0.1, 0.15) is 23.2 Å². The zero-order chi connectivity index (χ0) is 11.1. The monoisotopic (exact) mass is 224 g/mol. The minimum Gasteiger partial charge on any atom is -0.481 e. The smallest absolute Gasteiger partial charge is 0.303 e. The third-order valence-electron chi connectivity index (χ3n) is 1.78. The van der Waals surface area contributed by atoms with Crippen molar-refractivity contribution in [1.82, 2.24) is 0 Å². The van der Waals surface area contributed by atoms with E-state index < -0.39 is 5.97 Å². The van der Waals surface area contributed by atoms with Crippen LogP contribution in [-0.2, 0) is 4.79 Å². The van der Waals surface area contributed by atoms with Gasteiger partial charge in [0.1, 0.15) is 0 Å². The van der Waals surface area contributed by atoms with Crippen LogP contribution in [0.5, 0.6) is 0 Å². The van der Waals surface area contributed by atoms with Gasteiger partial charge < -0.3 is 5.11 Å². The molecule has 0 amide bonds. The van der Waals surface area contributed by atoms with Gasteiger partial charge in [0.25, 0.3) is 0 Å². The van der Waals surface area contributed by atoms with Gasteiger partial charge in [-0.25, -0.2) is 0 Å². The van der Waals surface area contributed by atoms with Crippen LogP contribution in [0.3, 0.4) is 0 Å². The van der Waals surface area contributed by atoms with Gasteiger partial charge in [0.05, 0.1) is 0 Å². The summed E-state index contributed by atoms with van der Waals surface area (Å²) in [6, 6.07) is 8.99. The van der Waals surface area contributed by atoms with Gasteiger partial charge in [0, 0.05) is 17.7 Å². The van der Waals surface area contributed by atoms with Crippen LogP contribution in [-0.4, -0.2) is 21.9 Å². The summed E-state index contributed by atoms with van der Waals surface area (Å²) in [5, 5.41) is 8.40. The first-order chi connectivity index (χ1) is 7.20. The van der Waals surface area contributed by atoms with Gasteiger partial charge >= 0.3 is 5.97 Å². The van der Waals surface area contributed by atoms with E-state index >= 15 is 0 Å². The van der Waals surface area contributed by atoms with Gasteiger partial charge in [-0.05, 0) is 6.42 Å². The van der Waals surface area contributed by atoms with Gasteiger partial charge in [-0.1, -0.05) is 42.1 Å². The lowest BCUT2D eigenvalue weighted by atomic mass is 10.2. The highest BCUT2D eigenvalue weighted by Crippen LogP contribution is 2.13. The summed E-state index contributed by atoms with van der Waals surface area (Å²) in [4.78, 5) is 21.7. The molecule has 1 rings (SSSR count). The molecule has 1 N–H and O–H groups in total. The molecular weight excluding hydrogens is 212 g/mol. The molecule has 0 atom stereocenters. The molecule has 0 aliphatic carbocycles. The molecule has 0 saturated carbocycles. The molecule has 0 spiro atoms. The van der Waals surface area contributed by atoms with Gasteiger partial charge in [-0.2, -0.15) is 0 Å².